The Morgan fingerprint density at radius 1 is 0.786 bits per heavy atom. The summed E-state index contributed by atoms with van der Waals surface area (Å²) in [5.74, 6) is -11.2. The van der Waals surface area contributed by atoms with Crippen molar-refractivity contribution in [2.24, 2.45) is 0 Å². The lowest BCUT2D eigenvalue weighted by Gasteiger charge is -2.36. The zero-order chi connectivity index (χ0) is 32.0. The van der Waals surface area contributed by atoms with Crippen LogP contribution in [0.4, 0.5) is 59.7 Å². The molecule has 1 atom stereocenters. The molecule has 0 aliphatic carbocycles. The monoisotopic (exact) mass is 740 g/mol. The first-order valence-electron chi connectivity index (χ1n) is 11.0. The van der Waals surface area contributed by atoms with Gasteiger partial charge in [-0.2, -0.15) is 35.1 Å². The molecular weight excluding hydrogens is 729 g/mol. The maximum Gasteiger partial charge on any atom is 0.457 e. The molecule has 2 amide bonds. The molecule has 42 heavy (non-hydrogen) atoms. The molecule has 0 aromatic heterocycles. The van der Waals surface area contributed by atoms with Crippen molar-refractivity contribution in [3.8, 4) is 0 Å². The van der Waals surface area contributed by atoms with Crippen LogP contribution in [0.25, 0.3) is 0 Å². The van der Waals surface area contributed by atoms with Crippen LogP contribution in [-0.2, 0) is 5.67 Å². The van der Waals surface area contributed by atoms with E-state index in [9.17, 15) is 53.5 Å². The molecule has 0 spiro atoms. The third kappa shape index (κ3) is 5.85. The maximum atomic E-state index is 15.3. The highest BCUT2D eigenvalue weighted by atomic mass is 79.9. The van der Waals surface area contributed by atoms with Crippen molar-refractivity contribution in [3.05, 3.63) is 91.9 Å². The number of benzene rings is 3. The summed E-state index contributed by atoms with van der Waals surface area (Å²) in [5, 5.41) is 2.02. The average Bonchev–Trinajstić information content (AvgIpc) is 2.87. The molecule has 3 aromatic carbocycles. The topological polar surface area (TPSA) is 49.4 Å². The van der Waals surface area contributed by atoms with E-state index in [1.165, 1.54) is 12.1 Å². The number of halogens is 13. The fraction of sp³-hybridized carbons (Fsp3) is 0.200. The summed E-state index contributed by atoms with van der Waals surface area (Å²) in [7, 11) is 1.11. The normalized spacial score (nSPS) is 13.9. The first kappa shape index (κ1) is 33.3. The van der Waals surface area contributed by atoms with E-state index in [1.54, 1.807) is 0 Å². The summed E-state index contributed by atoms with van der Waals surface area (Å²) in [6.07, 6.45) is -13.7. The van der Waals surface area contributed by atoms with Crippen LogP contribution in [-0.4, -0.2) is 37.1 Å². The molecule has 0 fully saturated rings. The lowest BCUT2D eigenvalue weighted by Crippen LogP contribution is -2.59. The predicted molar refractivity (Wildman–Crippen MR) is 135 cm³/mol. The van der Waals surface area contributed by atoms with Crippen LogP contribution in [0, 0.1) is 11.6 Å². The molecule has 1 unspecified atom stereocenters. The Bertz CT molecular complexity index is 1520. The summed E-state index contributed by atoms with van der Waals surface area (Å²) in [6.45, 7) is 0. The van der Waals surface area contributed by atoms with Crippen molar-refractivity contribution in [2.45, 2.75) is 23.9 Å². The fourth-order valence-electron chi connectivity index (χ4n) is 3.67. The van der Waals surface area contributed by atoms with Crippen molar-refractivity contribution in [3.63, 3.8) is 0 Å². The van der Waals surface area contributed by atoms with Gasteiger partial charge in [0.2, 0.25) is 0 Å². The number of hydrogen-bond donors (Lipinski definition) is 1. The van der Waals surface area contributed by atoms with Crippen LogP contribution in [0.1, 0.15) is 26.3 Å². The molecule has 1 N–H and O–H groups in total. The number of anilines is 2. The number of hydrogen-bond acceptors (Lipinski definition) is 2. The van der Waals surface area contributed by atoms with Crippen LogP contribution in [0.5, 0.6) is 0 Å². The quantitative estimate of drug-likeness (QED) is 0.257. The number of rotatable bonds is 6. The van der Waals surface area contributed by atoms with Crippen molar-refractivity contribution in [1.29, 1.82) is 0 Å². The lowest BCUT2D eigenvalue weighted by molar-refractivity contribution is -0.389. The SMILES string of the molecule is CN(C(=O)c1cccc(F)c1)c1cccc(C(=O)Nc2c(Br)cc(C(F)(C(F)(F)F)C(F)(F)C(F)(F)F)cc2Br)c1F. The van der Waals surface area contributed by atoms with Gasteiger partial charge in [0.25, 0.3) is 11.8 Å². The van der Waals surface area contributed by atoms with Gasteiger partial charge in [0.15, 0.2) is 5.82 Å². The Morgan fingerprint density at radius 3 is 1.83 bits per heavy atom. The second-order valence-electron chi connectivity index (χ2n) is 8.51. The van der Waals surface area contributed by atoms with E-state index in [0.29, 0.717) is 0 Å². The molecule has 0 heterocycles. The average molecular weight is 742 g/mol. The highest BCUT2D eigenvalue weighted by Crippen LogP contribution is 2.59. The molecule has 0 saturated heterocycles. The molecule has 0 bridgehead atoms. The standard InChI is InChI=1S/C25H13Br2F11N2O2/c1-40(21(42)11-4-2-5-13(28)8-11)17-7-3-6-14(18(17)29)20(41)39-19-15(26)9-12(10-16(19)27)22(30,24(33,34)35)23(31,32)25(36,37)38/h2-10H,1H3,(H,39,41). The molecule has 226 valence electrons. The summed E-state index contributed by atoms with van der Waals surface area (Å²) in [5.41, 5.74) is -10.4. The van der Waals surface area contributed by atoms with E-state index in [1.807, 2.05) is 5.32 Å². The number of alkyl halides is 9. The summed E-state index contributed by atoms with van der Waals surface area (Å²) in [6, 6.07) is 7.44. The molecule has 3 aromatic rings. The second-order valence-corrected chi connectivity index (χ2v) is 10.2. The van der Waals surface area contributed by atoms with Gasteiger partial charge in [-0.1, -0.05) is 12.1 Å². The third-order valence-electron chi connectivity index (χ3n) is 5.82. The largest absolute Gasteiger partial charge is 0.457 e. The van der Waals surface area contributed by atoms with Gasteiger partial charge in [-0.3, -0.25) is 9.59 Å². The maximum absolute atomic E-state index is 15.3. The van der Waals surface area contributed by atoms with Gasteiger partial charge < -0.3 is 10.2 Å². The zero-order valence-corrected chi connectivity index (χ0v) is 23.5. The second kappa shape index (κ2) is 11.5. The molecule has 0 saturated carbocycles. The van der Waals surface area contributed by atoms with Crippen molar-refractivity contribution >= 4 is 55.0 Å². The minimum atomic E-state index is -6.95. The number of amides is 2. The highest BCUT2D eigenvalue weighted by Gasteiger charge is 2.81. The van der Waals surface area contributed by atoms with Gasteiger partial charge in [-0.05, 0) is 74.3 Å². The Labute approximate surface area is 245 Å². The Balaban J connectivity index is 2.00. The Hall–Kier alpha value is -3.21. The predicted octanol–water partition coefficient (Wildman–Crippen LogP) is 8.94. The van der Waals surface area contributed by atoms with Gasteiger partial charge in [0.1, 0.15) is 5.82 Å². The van der Waals surface area contributed by atoms with Gasteiger partial charge in [0, 0.05) is 27.1 Å². The molecule has 17 heteroatoms. The van der Waals surface area contributed by atoms with E-state index in [-0.39, 0.29) is 17.7 Å². The smallest absolute Gasteiger partial charge is 0.320 e. The van der Waals surface area contributed by atoms with E-state index >= 15 is 4.39 Å². The molecule has 0 radical (unpaired) electrons. The van der Waals surface area contributed by atoms with Crippen LogP contribution in [0.2, 0.25) is 0 Å². The Morgan fingerprint density at radius 2 is 1.33 bits per heavy atom. The number of nitrogens with one attached hydrogen (secondary N) is 1. The minimum absolute atomic E-state index is 0.0499. The summed E-state index contributed by atoms with van der Waals surface area (Å²) in [4.78, 5) is 26.3. The van der Waals surface area contributed by atoms with Crippen molar-refractivity contribution < 1.29 is 57.9 Å². The van der Waals surface area contributed by atoms with Crippen LogP contribution >= 0.6 is 31.9 Å². The van der Waals surface area contributed by atoms with Crippen LogP contribution in [0.15, 0.2) is 63.5 Å². The van der Waals surface area contributed by atoms with Gasteiger partial charge in [-0.15, -0.1) is 0 Å². The molecule has 0 aliphatic rings. The van der Waals surface area contributed by atoms with Crippen LogP contribution in [0.3, 0.4) is 0 Å². The van der Waals surface area contributed by atoms with Crippen LogP contribution < -0.4 is 10.2 Å². The lowest BCUT2D eigenvalue weighted by atomic mass is 9.87. The number of carbonyl (C=O) groups is 2. The van der Waals surface area contributed by atoms with E-state index in [4.69, 9.17) is 0 Å². The number of nitrogens with zero attached hydrogens (tertiary/aromatic N) is 1. The van der Waals surface area contributed by atoms with E-state index < -0.39 is 78.8 Å². The minimum Gasteiger partial charge on any atom is -0.320 e. The number of carbonyl (C=O) groups excluding carboxylic acids is 2. The molecule has 0 aliphatic heterocycles. The Kier molecular flexibility index (Phi) is 9.09. The zero-order valence-electron chi connectivity index (χ0n) is 20.4. The van der Waals surface area contributed by atoms with Gasteiger partial charge >= 0.3 is 23.9 Å². The van der Waals surface area contributed by atoms with Gasteiger partial charge in [0.05, 0.1) is 16.9 Å². The van der Waals surface area contributed by atoms with E-state index in [2.05, 4.69) is 31.9 Å². The first-order valence-corrected chi connectivity index (χ1v) is 12.6. The van der Waals surface area contributed by atoms with Crippen molar-refractivity contribution in [2.75, 3.05) is 17.3 Å². The third-order valence-corrected chi connectivity index (χ3v) is 7.07. The van der Waals surface area contributed by atoms with E-state index in [0.717, 1.165) is 42.3 Å². The van der Waals surface area contributed by atoms with Gasteiger partial charge in [-0.25, -0.2) is 13.2 Å². The molecule has 4 nitrogen and oxygen atoms in total. The molecule has 3 rings (SSSR count). The fourth-order valence-corrected chi connectivity index (χ4v) is 5.05. The van der Waals surface area contributed by atoms with Crippen molar-refractivity contribution in [1.82, 2.24) is 0 Å². The highest BCUT2D eigenvalue weighted by molar-refractivity contribution is 9.11. The first-order chi connectivity index (χ1) is 19.1. The summed E-state index contributed by atoms with van der Waals surface area (Å²) >= 11 is 5.20. The summed E-state index contributed by atoms with van der Waals surface area (Å²) < 4.78 is 149. The molecular formula is C25H13Br2F11N2O2.